The summed E-state index contributed by atoms with van der Waals surface area (Å²) in [6, 6.07) is 12.1. The van der Waals surface area contributed by atoms with Gasteiger partial charge in [-0.25, -0.2) is 8.42 Å². The lowest BCUT2D eigenvalue weighted by Crippen LogP contribution is -2.41. The highest BCUT2D eigenvalue weighted by atomic mass is 35.5. The van der Waals surface area contributed by atoms with Crippen LogP contribution in [0.3, 0.4) is 0 Å². The zero-order valence-corrected chi connectivity index (χ0v) is 14.3. The maximum Gasteiger partial charge on any atom is 0.242 e. The van der Waals surface area contributed by atoms with Gasteiger partial charge in [0.05, 0.1) is 10.9 Å². The summed E-state index contributed by atoms with van der Waals surface area (Å²) in [6.45, 7) is 3.31. The molecule has 122 valence electrons. The first-order valence-electron chi connectivity index (χ1n) is 6.94. The van der Waals surface area contributed by atoms with Crippen molar-refractivity contribution in [3.63, 3.8) is 0 Å². The van der Waals surface area contributed by atoms with Crippen LogP contribution >= 0.6 is 11.6 Å². The Hall–Kier alpha value is -1.89. The zero-order chi connectivity index (χ0) is 17.0. The van der Waals surface area contributed by atoms with Crippen LogP contribution in [0.25, 0.3) is 0 Å². The molecule has 1 amide bonds. The fraction of sp³-hybridized carbons (Fsp3) is 0.188. The molecular weight excluding hydrogens is 336 g/mol. The van der Waals surface area contributed by atoms with Gasteiger partial charge in [-0.05, 0) is 43.7 Å². The van der Waals surface area contributed by atoms with Gasteiger partial charge in [-0.1, -0.05) is 35.9 Å². The summed E-state index contributed by atoms with van der Waals surface area (Å²) < 4.78 is 26.8. The molecule has 2 N–H and O–H groups in total. The van der Waals surface area contributed by atoms with Crippen molar-refractivity contribution in [2.24, 2.45) is 0 Å². The van der Waals surface area contributed by atoms with E-state index in [9.17, 15) is 13.2 Å². The van der Waals surface area contributed by atoms with Gasteiger partial charge in [0, 0.05) is 10.7 Å². The third-order valence-corrected chi connectivity index (χ3v) is 5.03. The Bertz CT molecular complexity index is 807. The predicted molar refractivity (Wildman–Crippen MR) is 91.0 cm³/mol. The van der Waals surface area contributed by atoms with Crippen LogP contribution in [-0.2, 0) is 14.8 Å². The standard InChI is InChI=1S/C16H17ClN2O3S/c1-11-8-9-13(17)10-15(11)18-16(20)12(2)19-23(21,22)14-6-4-3-5-7-14/h3-10,12,19H,1-2H3,(H,18,20). The number of hydrogen-bond donors (Lipinski definition) is 2. The largest absolute Gasteiger partial charge is 0.324 e. The molecular formula is C16H17ClN2O3S. The molecule has 0 fully saturated rings. The van der Waals surface area contributed by atoms with Crippen LogP contribution in [0.2, 0.25) is 5.02 Å². The van der Waals surface area contributed by atoms with Gasteiger partial charge in [-0.3, -0.25) is 4.79 Å². The van der Waals surface area contributed by atoms with Crippen molar-refractivity contribution < 1.29 is 13.2 Å². The van der Waals surface area contributed by atoms with Gasteiger partial charge < -0.3 is 5.32 Å². The van der Waals surface area contributed by atoms with Gasteiger partial charge in [0.15, 0.2) is 0 Å². The third-order valence-electron chi connectivity index (χ3n) is 3.24. The molecule has 23 heavy (non-hydrogen) atoms. The minimum atomic E-state index is -3.75. The highest BCUT2D eigenvalue weighted by Gasteiger charge is 2.22. The van der Waals surface area contributed by atoms with Crippen molar-refractivity contribution in [3.8, 4) is 0 Å². The summed E-state index contributed by atoms with van der Waals surface area (Å²) in [6.07, 6.45) is 0. The van der Waals surface area contributed by atoms with E-state index in [1.807, 2.05) is 6.92 Å². The molecule has 2 rings (SSSR count). The van der Waals surface area contributed by atoms with Gasteiger partial charge in [0.1, 0.15) is 0 Å². The summed E-state index contributed by atoms with van der Waals surface area (Å²) in [4.78, 5) is 12.3. The van der Waals surface area contributed by atoms with E-state index in [1.165, 1.54) is 19.1 Å². The lowest BCUT2D eigenvalue weighted by atomic mass is 10.2. The molecule has 0 aliphatic rings. The number of aryl methyl sites for hydroxylation is 1. The van der Waals surface area contributed by atoms with Crippen LogP contribution in [0.1, 0.15) is 12.5 Å². The molecule has 0 aromatic heterocycles. The van der Waals surface area contributed by atoms with Crippen molar-refractivity contribution >= 4 is 33.2 Å². The number of halogens is 1. The molecule has 7 heteroatoms. The van der Waals surface area contributed by atoms with Crippen molar-refractivity contribution in [2.45, 2.75) is 24.8 Å². The molecule has 0 spiro atoms. The molecule has 0 heterocycles. The maximum atomic E-state index is 12.2. The van der Waals surface area contributed by atoms with Gasteiger partial charge in [-0.2, -0.15) is 4.72 Å². The Morgan fingerprint density at radius 1 is 1.13 bits per heavy atom. The van der Waals surface area contributed by atoms with Crippen molar-refractivity contribution in [3.05, 3.63) is 59.1 Å². The minimum absolute atomic E-state index is 0.110. The first-order valence-corrected chi connectivity index (χ1v) is 8.80. The summed E-state index contributed by atoms with van der Waals surface area (Å²) in [7, 11) is -3.75. The van der Waals surface area contributed by atoms with Crippen LogP contribution < -0.4 is 10.0 Å². The Kier molecular flexibility index (Phi) is 5.41. The van der Waals surface area contributed by atoms with Gasteiger partial charge in [0.25, 0.3) is 0 Å². The van der Waals surface area contributed by atoms with E-state index in [4.69, 9.17) is 11.6 Å². The number of amides is 1. The minimum Gasteiger partial charge on any atom is -0.324 e. The number of rotatable bonds is 5. The van der Waals surface area contributed by atoms with Crippen LogP contribution in [-0.4, -0.2) is 20.4 Å². The number of anilines is 1. The van der Waals surface area contributed by atoms with Crippen LogP contribution in [0.5, 0.6) is 0 Å². The molecule has 2 aromatic carbocycles. The number of carbonyl (C=O) groups excluding carboxylic acids is 1. The number of carbonyl (C=O) groups is 1. The highest BCUT2D eigenvalue weighted by molar-refractivity contribution is 7.89. The Balaban J connectivity index is 2.10. The second-order valence-corrected chi connectivity index (χ2v) is 7.25. The van der Waals surface area contributed by atoms with E-state index in [-0.39, 0.29) is 4.90 Å². The van der Waals surface area contributed by atoms with Gasteiger partial charge in [-0.15, -0.1) is 0 Å². The average Bonchev–Trinajstić information content (AvgIpc) is 2.51. The summed E-state index contributed by atoms with van der Waals surface area (Å²) >= 11 is 5.90. The Labute approximate surface area is 140 Å². The molecule has 0 radical (unpaired) electrons. The predicted octanol–water partition coefficient (Wildman–Crippen LogP) is 2.95. The van der Waals surface area contributed by atoms with E-state index in [1.54, 1.807) is 36.4 Å². The monoisotopic (exact) mass is 352 g/mol. The summed E-state index contributed by atoms with van der Waals surface area (Å²) in [5.74, 6) is -0.463. The van der Waals surface area contributed by atoms with Crippen LogP contribution in [0, 0.1) is 6.92 Å². The second kappa shape index (κ2) is 7.12. The molecule has 0 bridgehead atoms. The number of nitrogens with one attached hydrogen (secondary N) is 2. The van der Waals surface area contributed by atoms with Crippen LogP contribution in [0.15, 0.2) is 53.4 Å². The molecule has 0 saturated carbocycles. The van der Waals surface area contributed by atoms with Crippen LogP contribution in [0.4, 0.5) is 5.69 Å². The molecule has 0 saturated heterocycles. The molecule has 0 aliphatic carbocycles. The molecule has 1 unspecified atom stereocenters. The van der Waals surface area contributed by atoms with E-state index in [2.05, 4.69) is 10.0 Å². The fourth-order valence-electron chi connectivity index (χ4n) is 1.92. The lowest BCUT2D eigenvalue weighted by molar-refractivity contribution is -0.117. The van der Waals surface area contributed by atoms with E-state index >= 15 is 0 Å². The first-order chi connectivity index (χ1) is 10.8. The molecule has 5 nitrogen and oxygen atoms in total. The molecule has 2 aromatic rings. The normalized spacial score (nSPS) is 12.7. The average molecular weight is 353 g/mol. The van der Waals surface area contributed by atoms with Gasteiger partial charge >= 0.3 is 0 Å². The molecule has 1 atom stereocenters. The SMILES string of the molecule is Cc1ccc(Cl)cc1NC(=O)C(C)NS(=O)(=O)c1ccccc1. The zero-order valence-electron chi connectivity index (χ0n) is 12.7. The first kappa shape index (κ1) is 17.5. The summed E-state index contributed by atoms with van der Waals surface area (Å²) in [5.41, 5.74) is 1.38. The summed E-state index contributed by atoms with van der Waals surface area (Å²) in [5, 5.41) is 3.16. The highest BCUT2D eigenvalue weighted by Crippen LogP contribution is 2.20. The lowest BCUT2D eigenvalue weighted by Gasteiger charge is -2.15. The third kappa shape index (κ3) is 4.54. The number of hydrogen-bond acceptors (Lipinski definition) is 3. The van der Waals surface area contributed by atoms with Crippen molar-refractivity contribution in [2.75, 3.05) is 5.32 Å². The fourth-order valence-corrected chi connectivity index (χ4v) is 3.32. The van der Waals surface area contributed by atoms with E-state index in [0.29, 0.717) is 10.7 Å². The van der Waals surface area contributed by atoms with Gasteiger partial charge in [0.2, 0.25) is 15.9 Å². The smallest absolute Gasteiger partial charge is 0.242 e. The quantitative estimate of drug-likeness (QED) is 0.868. The number of benzene rings is 2. The van der Waals surface area contributed by atoms with E-state index < -0.39 is 22.0 Å². The molecule has 0 aliphatic heterocycles. The maximum absolute atomic E-state index is 12.2. The Morgan fingerprint density at radius 2 is 1.78 bits per heavy atom. The number of sulfonamides is 1. The Morgan fingerprint density at radius 3 is 2.43 bits per heavy atom. The van der Waals surface area contributed by atoms with Crippen molar-refractivity contribution in [1.29, 1.82) is 0 Å². The van der Waals surface area contributed by atoms with E-state index in [0.717, 1.165) is 5.56 Å². The topological polar surface area (TPSA) is 75.3 Å². The van der Waals surface area contributed by atoms with Crippen molar-refractivity contribution in [1.82, 2.24) is 4.72 Å². The second-order valence-electron chi connectivity index (χ2n) is 5.10.